The van der Waals surface area contributed by atoms with Gasteiger partial charge in [0.15, 0.2) is 5.43 Å². The Labute approximate surface area is 149 Å². The largest absolute Gasteiger partial charge is 0.473 e. The molecule has 4 nitrogen and oxygen atoms in total. The molecular weight excluding hydrogens is 338 g/mol. The molecule has 1 fully saturated rings. The fourth-order valence-corrected chi connectivity index (χ4v) is 3.48. The summed E-state index contributed by atoms with van der Waals surface area (Å²) < 4.78 is 35.8. The second-order valence-electron chi connectivity index (χ2n) is 6.53. The van der Waals surface area contributed by atoms with Gasteiger partial charge in [0.05, 0.1) is 16.6 Å². The number of pyridine rings is 1. The zero-order valence-corrected chi connectivity index (χ0v) is 14.1. The summed E-state index contributed by atoms with van der Waals surface area (Å²) in [6.07, 6.45) is 7.11. The van der Waals surface area contributed by atoms with Crippen LogP contribution in [0.5, 0.6) is 5.88 Å². The first-order valence-corrected chi connectivity index (χ1v) is 8.77. The summed E-state index contributed by atoms with van der Waals surface area (Å²) >= 11 is 0. The molecule has 134 valence electrons. The predicted octanol–water partition coefficient (Wildman–Crippen LogP) is 4.35. The number of fused-ring (bicyclic) bond motifs is 1. The number of hydrogen-bond acceptors (Lipinski definition) is 3. The topological polar surface area (TPSA) is 43.6 Å². The third-order valence-corrected chi connectivity index (χ3v) is 4.76. The van der Waals surface area contributed by atoms with Crippen molar-refractivity contribution in [3.8, 4) is 17.0 Å². The highest BCUT2D eigenvalue weighted by Crippen LogP contribution is 2.28. The minimum absolute atomic E-state index is 0.0418. The van der Waals surface area contributed by atoms with Gasteiger partial charge in [0, 0.05) is 18.3 Å². The van der Waals surface area contributed by atoms with Crippen LogP contribution in [0.1, 0.15) is 32.1 Å². The zero-order valence-electron chi connectivity index (χ0n) is 14.1. The molecule has 1 aliphatic carbocycles. The third-order valence-electron chi connectivity index (χ3n) is 4.76. The highest BCUT2D eigenvalue weighted by Gasteiger charge is 2.19. The maximum absolute atomic E-state index is 14.2. The fraction of sp³-hybridized carbons (Fsp3) is 0.300. The molecule has 6 heteroatoms. The quantitative estimate of drug-likeness (QED) is 0.701. The Bertz CT molecular complexity index is 990. The molecule has 0 radical (unpaired) electrons. The molecular formula is C20H18F2N2O2. The Balaban J connectivity index is 1.79. The van der Waals surface area contributed by atoms with Gasteiger partial charge in [-0.15, -0.1) is 5.10 Å². The van der Waals surface area contributed by atoms with Gasteiger partial charge >= 0.3 is 0 Å². The van der Waals surface area contributed by atoms with Crippen molar-refractivity contribution in [2.45, 2.75) is 38.2 Å². The van der Waals surface area contributed by atoms with E-state index in [2.05, 4.69) is 5.10 Å². The SMILES string of the molecule is O=c1ccn2nc(OC3CCCCC3)ccc2c1-c1c(F)cccc1F. The van der Waals surface area contributed by atoms with E-state index in [4.69, 9.17) is 4.74 Å². The molecule has 0 spiro atoms. The first-order chi connectivity index (χ1) is 12.6. The molecule has 26 heavy (non-hydrogen) atoms. The van der Waals surface area contributed by atoms with E-state index in [1.165, 1.54) is 29.3 Å². The Hall–Kier alpha value is -2.76. The maximum atomic E-state index is 14.2. The number of benzene rings is 1. The zero-order chi connectivity index (χ0) is 18.1. The second kappa shape index (κ2) is 6.86. The normalized spacial score (nSPS) is 15.3. The van der Waals surface area contributed by atoms with Crippen LogP contribution in [-0.2, 0) is 0 Å². The van der Waals surface area contributed by atoms with Gasteiger partial charge < -0.3 is 4.74 Å². The molecule has 0 unspecified atom stereocenters. The summed E-state index contributed by atoms with van der Waals surface area (Å²) in [6, 6.07) is 8.06. The lowest BCUT2D eigenvalue weighted by molar-refractivity contribution is 0.146. The minimum atomic E-state index is -0.780. The fourth-order valence-electron chi connectivity index (χ4n) is 3.48. The lowest BCUT2D eigenvalue weighted by Gasteiger charge is -2.22. The number of aromatic nitrogens is 2. The van der Waals surface area contributed by atoms with E-state index in [-0.39, 0.29) is 17.2 Å². The van der Waals surface area contributed by atoms with Crippen LogP contribution in [0.3, 0.4) is 0 Å². The molecule has 0 N–H and O–H groups in total. The number of rotatable bonds is 3. The predicted molar refractivity (Wildman–Crippen MR) is 94.3 cm³/mol. The van der Waals surface area contributed by atoms with Gasteiger partial charge in [0.1, 0.15) is 17.7 Å². The summed E-state index contributed by atoms with van der Waals surface area (Å²) in [5.74, 6) is -1.12. The van der Waals surface area contributed by atoms with Crippen molar-refractivity contribution >= 4 is 5.52 Å². The van der Waals surface area contributed by atoms with Crippen LogP contribution < -0.4 is 10.2 Å². The highest BCUT2D eigenvalue weighted by atomic mass is 19.1. The first kappa shape index (κ1) is 16.7. The molecule has 2 heterocycles. The molecule has 0 aliphatic heterocycles. The summed E-state index contributed by atoms with van der Waals surface area (Å²) in [5.41, 5.74) is -0.507. The Kier molecular flexibility index (Phi) is 4.41. The molecule has 4 rings (SSSR count). The van der Waals surface area contributed by atoms with Gasteiger partial charge in [-0.2, -0.15) is 0 Å². The maximum Gasteiger partial charge on any atom is 0.231 e. The van der Waals surface area contributed by atoms with E-state index in [0.717, 1.165) is 37.8 Å². The monoisotopic (exact) mass is 356 g/mol. The van der Waals surface area contributed by atoms with Gasteiger partial charge in [-0.25, -0.2) is 13.3 Å². The lowest BCUT2D eigenvalue weighted by atomic mass is 9.98. The Morgan fingerprint density at radius 1 is 0.962 bits per heavy atom. The third kappa shape index (κ3) is 3.07. The van der Waals surface area contributed by atoms with Crippen LogP contribution in [0.2, 0.25) is 0 Å². The van der Waals surface area contributed by atoms with Crippen molar-refractivity contribution in [1.82, 2.24) is 9.61 Å². The molecule has 3 aromatic rings. The summed E-state index contributed by atoms with van der Waals surface area (Å²) in [6.45, 7) is 0. The van der Waals surface area contributed by atoms with Crippen LogP contribution in [0.15, 0.2) is 47.4 Å². The van der Waals surface area contributed by atoms with E-state index < -0.39 is 17.1 Å². The van der Waals surface area contributed by atoms with Crippen LogP contribution in [-0.4, -0.2) is 15.7 Å². The van der Waals surface area contributed by atoms with E-state index >= 15 is 0 Å². The average Bonchev–Trinajstić information content (AvgIpc) is 2.64. The van der Waals surface area contributed by atoms with Crippen molar-refractivity contribution in [2.24, 2.45) is 0 Å². The van der Waals surface area contributed by atoms with Crippen molar-refractivity contribution < 1.29 is 13.5 Å². The van der Waals surface area contributed by atoms with Gasteiger partial charge in [0.2, 0.25) is 5.88 Å². The van der Waals surface area contributed by atoms with E-state index in [1.54, 1.807) is 12.1 Å². The van der Waals surface area contributed by atoms with Crippen molar-refractivity contribution in [2.75, 3.05) is 0 Å². The van der Waals surface area contributed by atoms with Gasteiger partial charge in [-0.05, 0) is 43.9 Å². The smallest absolute Gasteiger partial charge is 0.231 e. The molecule has 0 bridgehead atoms. The molecule has 1 aromatic carbocycles. The average molecular weight is 356 g/mol. The Morgan fingerprint density at radius 3 is 2.42 bits per heavy atom. The summed E-state index contributed by atoms with van der Waals surface area (Å²) in [7, 11) is 0. The Morgan fingerprint density at radius 2 is 1.69 bits per heavy atom. The van der Waals surface area contributed by atoms with Crippen LogP contribution in [0, 0.1) is 11.6 Å². The minimum Gasteiger partial charge on any atom is -0.473 e. The standard InChI is InChI=1S/C20H18F2N2O2/c21-14-7-4-8-15(22)19(14)20-16-9-10-18(23-24(16)12-11-17(20)25)26-13-5-2-1-3-6-13/h4,7-13H,1-3,5-6H2. The highest BCUT2D eigenvalue weighted by molar-refractivity contribution is 5.80. The van der Waals surface area contributed by atoms with Crippen LogP contribution in [0.4, 0.5) is 8.78 Å². The molecule has 0 atom stereocenters. The summed E-state index contributed by atoms with van der Waals surface area (Å²) in [4.78, 5) is 12.3. The second-order valence-corrected chi connectivity index (χ2v) is 6.53. The van der Waals surface area contributed by atoms with Crippen molar-refractivity contribution in [1.29, 1.82) is 0 Å². The van der Waals surface area contributed by atoms with E-state index in [1.807, 2.05) is 0 Å². The van der Waals surface area contributed by atoms with Crippen LogP contribution in [0.25, 0.3) is 16.6 Å². The molecule has 1 saturated carbocycles. The first-order valence-electron chi connectivity index (χ1n) is 8.77. The molecule has 0 amide bonds. The van der Waals surface area contributed by atoms with Crippen LogP contribution >= 0.6 is 0 Å². The summed E-state index contributed by atoms with van der Waals surface area (Å²) in [5, 5.41) is 4.37. The molecule has 1 aliphatic rings. The van der Waals surface area contributed by atoms with Gasteiger partial charge in [0.25, 0.3) is 0 Å². The number of nitrogens with zero attached hydrogens (tertiary/aromatic N) is 2. The number of hydrogen-bond donors (Lipinski definition) is 0. The molecule has 0 saturated heterocycles. The lowest BCUT2D eigenvalue weighted by Crippen LogP contribution is -2.20. The number of ether oxygens (including phenoxy) is 1. The van der Waals surface area contributed by atoms with E-state index in [9.17, 15) is 13.6 Å². The van der Waals surface area contributed by atoms with E-state index in [0.29, 0.717) is 11.4 Å². The van der Waals surface area contributed by atoms with Gasteiger partial charge in [-0.1, -0.05) is 12.5 Å². The van der Waals surface area contributed by atoms with Gasteiger partial charge in [-0.3, -0.25) is 4.79 Å². The number of halogens is 2. The molecule has 2 aromatic heterocycles. The van der Waals surface area contributed by atoms with Crippen molar-refractivity contribution in [3.05, 3.63) is 64.5 Å². The van der Waals surface area contributed by atoms with Crippen molar-refractivity contribution in [3.63, 3.8) is 0 Å².